The van der Waals surface area contributed by atoms with Crippen LogP contribution in [-0.4, -0.2) is 38.0 Å². The zero-order valence-corrected chi connectivity index (χ0v) is 13.5. The smallest absolute Gasteiger partial charge is 0.251 e. The van der Waals surface area contributed by atoms with Crippen molar-refractivity contribution in [2.75, 3.05) is 27.2 Å². The molecule has 0 bridgehead atoms. The summed E-state index contributed by atoms with van der Waals surface area (Å²) in [5, 5.41) is 3.09. The third-order valence-electron chi connectivity index (χ3n) is 4.38. The van der Waals surface area contributed by atoms with Crippen molar-refractivity contribution in [3.8, 4) is 11.8 Å². The summed E-state index contributed by atoms with van der Waals surface area (Å²) in [7, 11) is 4.17. The highest BCUT2D eigenvalue weighted by molar-refractivity contribution is 5.94. The summed E-state index contributed by atoms with van der Waals surface area (Å²) in [6.45, 7) is 1.82. The Morgan fingerprint density at radius 3 is 2.50 bits per heavy atom. The lowest BCUT2D eigenvalue weighted by molar-refractivity contribution is 0.0941. The molecular weight excluding hydrogens is 272 g/mol. The van der Waals surface area contributed by atoms with Crippen molar-refractivity contribution in [3.63, 3.8) is 0 Å². The minimum Gasteiger partial charge on any atom is -0.351 e. The number of benzene rings is 1. The van der Waals surface area contributed by atoms with E-state index in [9.17, 15) is 4.79 Å². The highest BCUT2D eigenvalue weighted by Gasteiger charge is 2.42. The van der Waals surface area contributed by atoms with Gasteiger partial charge in [0.1, 0.15) is 0 Å². The van der Waals surface area contributed by atoms with Crippen LogP contribution in [0.5, 0.6) is 0 Å². The molecule has 2 fully saturated rings. The first-order valence-corrected chi connectivity index (χ1v) is 8.11. The van der Waals surface area contributed by atoms with Crippen molar-refractivity contribution >= 4 is 5.91 Å². The molecule has 3 rings (SSSR count). The standard InChI is InChI=1S/C19H24N2O/c1-21(2)14-19(11-12-19)13-20-18(22)17-9-7-16(8-10-17)6-5-15-3-4-15/h7-10,15H,3-4,11-14H2,1-2H3,(H,20,22). The molecule has 1 N–H and O–H groups in total. The van der Waals surface area contributed by atoms with E-state index in [0.29, 0.717) is 11.3 Å². The van der Waals surface area contributed by atoms with E-state index in [2.05, 4.69) is 36.2 Å². The average molecular weight is 296 g/mol. The van der Waals surface area contributed by atoms with Crippen LogP contribution in [0, 0.1) is 23.2 Å². The third kappa shape index (κ3) is 4.11. The predicted octanol–water partition coefficient (Wildman–Crippen LogP) is 2.52. The van der Waals surface area contributed by atoms with Gasteiger partial charge in [0.15, 0.2) is 0 Å². The molecule has 116 valence electrons. The van der Waals surface area contributed by atoms with Crippen LogP contribution >= 0.6 is 0 Å². The lowest BCUT2D eigenvalue weighted by atomic mass is 10.1. The van der Waals surface area contributed by atoms with Crippen molar-refractivity contribution in [3.05, 3.63) is 35.4 Å². The lowest BCUT2D eigenvalue weighted by Crippen LogP contribution is -2.35. The molecule has 0 aliphatic heterocycles. The summed E-state index contributed by atoms with van der Waals surface area (Å²) >= 11 is 0. The SMILES string of the molecule is CN(C)CC1(CNC(=O)c2ccc(C#CC3CC3)cc2)CC1. The van der Waals surface area contributed by atoms with Crippen molar-refractivity contribution < 1.29 is 4.79 Å². The molecule has 2 aliphatic carbocycles. The largest absolute Gasteiger partial charge is 0.351 e. The van der Waals surface area contributed by atoms with E-state index in [1.54, 1.807) is 0 Å². The summed E-state index contributed by atoms with van der Waals surface area (Å²) in [6.07, 6.45) is 4.90. The second-order valence-electron chi connectivity index (χ2n) is 7.04. The zero-order chi connectivity index (χ0) is 15.6. The van der Waals surface area contributed by atoms with E-state index in [-0.39, 0.29) is 5.91 Å². The van der Waals surface area contributed by atoms with Crippen molar-refractivity contribution in [2.45, 2.75) is 25.7 Å². The minimum absolute atomic E-state index is 0.0201. The molecule has 0 unspecified atom stereocenters. The van der Waals surface area contributed by atoms with Gasteiger partial charge in [0, 0.05) is 35.5 Å². The van der Waals surface area contributed by atoms with E-state index in [4.69, 9.17) is 0 Å². The quantitative estimate of drug-likeness (QED) is 0.847. The summed E-state index contributed by atoms with van der Waals surface area (Å²) < 4.78 is 0. The fourth-order valence-electron chi connectivity index (χ4n) is 2.73. The summed E-state index contributed by atoms with van der Waals surface area (Å²) in [5.74, 6) is 7.04. The van der Waals surface area contributed by atoms with Crippen LogP contribution in [0.25, 0.3) is 0 Å². The topological polar surface area (TPSA) is 32.3 Å². The lowest BCUT2D eigenvalue weighted by Gasteiger charge is -2.20. The number of nitrogens with zero attached hydrogens (tertiary/aromatic N) is 1. The number of hydrogen-bond acceptors (Lipinski definition) is 2. The summed E-state index contributed by atoms with van der Waals surface area (Å²) in [5.41, 5.74) is 2.02. The predicted molar refractivity (Wildman–Crippen MR) is 88.6 cm³/mol. The van der Waals surface area contributed by atoms with Gasteiger partial charge in [-0.1, -0.05) is 11.8 Å². The van der Waals surface area contributed by atoms with Crippen LogP contribution in [0.15, 0.2) is 24.3 Å². The Morgan fingerprint density at radius 1 is 1.27 bits per heavy atom. The van der Waals surface area contributed by atoms with Gasteiger partial charge < -0.3 is 10.2 Å². The van der Waals surface area contributed by atoms with Crippen LogP contribution in [0.1, 0.15) is 41.6 Å². The Morgan fingerprint density at radius 2 is 1.95 bits per heavy atom. The molecule has 1 aromatic carbocycles. The first-order valence-electron chi connectivity index (χ1n) is 8.11. The van der Waals surface area contributed by atoms with Gasteiger partial charge >= 0.3 is 0 Å². The van der Waals surface area contributed by atoms with Gasteiger partial charge in [-0.25, -0.2) is 0 Å². The molecule has 1 aromatic rings. The van der Waals surface area contributed by atoms with Gasteiger partial charge in [0.25, 0.3) is 5.91 Å². The van der Waals surface area contributed by atoms with Crippen molar-refractivity contribution in [1.29, 1.82) is 0 Å². The molecule has 0 heterocycles. The van der Waals surface area contributed by atoms with Gasteiger partial charge in [0.2, 0.25) is 0 Å². The van der Waals surface area contributed by atoms with Gasteiger partial charge in [-0.2, -0.15) is 0 Å². The van der Waals surface area contributed by atoms with Crippen molar-refractivity contribution in [1.82, 2.24) is 10.2 Å². The summed E-state index contributed by atoms with van der Waals surface area (Å²) in [6, 6.07) is 7.63. The number of carbonyl (C=O) groups excluding carboxylic acids is 1. The molecule has 0 aromatic heterocycles. The van der Waals surface area contributed by atoms with Gasteiger partial charge in [0.05, 0.1) is 0 Å². The van der Waals surface area contributed by atoms with E-state index in [1.807, 2.05) is 24.3 Å². The highest BCUT2D eigenvalue weighted by Crippen LogP contribution is 2.45. The fourth-order valence-corrected chi connectivity index (χ4v) is 2.73. The molecule has 0 radical (unpaired) electrons. The molecule has 0 saturated heterocycles. The molecule has 1 amide bonds. The Bertz CT molecular complexity index is 599. The van der Waals surface area contributed by atoms with E-state index in [1.165, 1.54) is 25.7 Å². The second kappa shape index (κ2) is 6.14. The average Bonchev–Trinajstić information content (AvgIpc) is 3.39. The normalized spacial score (nSPS) is 18.5. The molecule has 2 aliphatic rings. The molecule has 3 heteroatoms. The zero-order valence-electron chi connectivity index (χ0n) is 13.5. The molecule has 22 heavy (non-hydrogen) atoms. The van der Waals surface area contributed by atoms with Gasteiger partial charge in [-0.15, -0.1) is 0 Å². The Hall–Kier alpha value is -1.79. The summed E-state index contributed by atoms with van der Waals surface area (Å²) in [4.78, 5) is 14.4. The third-order valence-corrected chi connectivity index (χ3v) is 4.38. The highest BCUT2D eigenvalue weighted by atomic mass is 16.1. The number of amides is 1. The van der Waals surface area contributed by atoms with E-state index < -0.39 is 0 Å². The minimum atomic E-state index is 0.0201. The van der Waals surface area contributed by atoms with E-state index in [0.717, 1.165) is 24.2 Å². The van der Waals surface area contributed by atoms with Gasteiger partial charge in [-0.3, -0.25) is 4.79 Å². The molecular formula is C19H24N2O. The molecule has 3 nitrogen and oxygen atoms in total. The Labute approximate surface area is 133 Å². The number of hydrogen-bond donors (Lipinski definition) is 1. The number of carbonyl (C=O) groups is 1. The Kier molecular flexibility index (Phi) is 4.22. The van der Waals surface area contributed by atoms with Gasteiger partial charge in [-0.05, 0) is 64.0 Å². The second-order valence-corrected chi connectivity index (χ2v) is 7.04. The number of rotatable bonds is 5. The molecule has 0 atom stereocenters. The van der Waals surface area contributed by atoms with Crippen LogP contribution in [0.4, 0.5) is 0 Å². The number of nitrogens with one attached hydrogen (secondary N) is 1. The van der Waals surface area contributed by atoms with Crippen LogP contribution < -0.4 is 5.32 Å². The van der Waals surface area contributed by atoms with Crippen molar-refractivity contribution in [2.24, 2.45) is 11.3 Å². The Balaban J connectivity index is 1.53. The maximum atomic E-state index is 12.2. The van der Waals surface area contributed by atoms with E-state index >= 15 is 0 Å². The first kappa shape index (κ1) is 15.1. The molecule has 0 spiro atoms. The molecule has 2 saturated carbocycles. The van der Waals surface area contributed by atoms with Crippen LogP contribution in [0.2, 0.25) is 0 Å². The maximum absolute atomic E-state index is 12.2. The van der Waals surface area contributed by atoms with Crippen LogP contribution in [-0.2, 0) is 0 Å². The van der Waals surface area contributed by atoms with Crippen LogP contribution in [0.3, 0.4) is 0 Å². The first-order chi connectivity index (χ1) is 10.6. The fraction of sp³-hybridized carbons (Fsp3) is 0.526. The maximum Gasteiger partial charge on any atom is 0.251 e. The monoisotopic (exact) mass is 296 g/mol.